The van der Waals surface area contributed by atoms with E-state index in [0.717, 1.165) is 27.9 Å². The maximum Gasteiger partial charge on any atom is 0.178 e. The van der Waals surface area contributed by atoms with Gasteiger partial charge in [-0.25, -0.2) is 0 Å². The lowest BCUT2D eigenvalue weighted by molar-refractivity contribution is -0.111. The van der Waals surface area contributed by atoms with Gasteiger partial charge in [-0.1, -0.05) is 18.2 Å². The first-order valence-corrected chi connectivity index (χ1v) is 6.61. The molecule has 3 nitrogen and oxygen atoms in total. The maximum absolute atomic E-state index is 11.5. The molecule has 2 aromatic carbocycles. The summed E-state index contributed by atoms with van der Waals surface area (Å²) in [4.78, 5) is 15.8. The minimum atomic E-state index is 0.0247. The third-order valence-electron chi connectivity index (χ3n) is 3.67. The average Bonchev–Trinajstić information content (AvgIpc) is 2.84. The molecule has 0 radical (unpaired) electrons. The normalized spacial score (nSPS) is 13.0. The molecule has 0 aromatic heterocycles. The fourth-order valence-corrected chi connectivity index (χ4v) is 2.62. The van der Waals surface area contributed by atoms with Crippen LogP contribution in [0.4, 0.5) is 5.69 Å². The van der Waals surface area contributed by atoms with Crippen molar-refractivity contribution in [3.8, 4) is 11.1 Å². The molecule has 1 aliphatic heterocycles. The van der Waals surface area contributed by atoms with Crippen LogP contribution >= 0.6 is 0 Å². The number of ketones is 1. The van der Waals surface area contributed by atoms with Crippen molar-refractivity contribution >= 4 is 17.2 Å². The van der Waals surface area contributed by atoms with Gasteiger partial charge in [0.25, 0.3) is 0 Å². The molecule has 0 saturated carbocycles. The Hall–Kier alpha value is -2.42. The Bertz CT molecular complexity index is 745. The summed E-state index contributed by atoms with van der Waals surface area (Å²) < 4.78 is 0. The topological polar surface area (TPSA) is 55.5 Å². The first kappa shape index (κ1) is 12.6. The molecule has 1 aliphatic rings. The molecule has 2 aromatic rings. The highest BCUT2D eigenvalue weighted by Gasteiger charge is 2.19. The number of aryl methyl sites for hydroxylation is 1. The lowest BCUT2D eigenvalue weighted by Gasteiger charge is -2.09. The van der Waals surface area contributed by atoms with E-state index in [4.69, 9.17) is 5.73 Å². The van der Waals surface area contributed by atoms with Crippen LogP contribution in [0.25, 0.3) is 11.1 Å². The van der Waals surface area contributed by atoms with Crippen LogP contribution in [0.5, 0.6) is 0 Å². The summed E-state index contributed by atoms with van der Waals surface area (Å²) in [5.41, 5.74) is 12.7. The van der Waals surface area contributed by atoms with E-state index in [2.05, 4.69) is 18.0 Å². The maximum atomic E-state index is 11.5. The Morgan fingerprint density at radius 2 is 1.95 bits per heavy atom. The summed E-state index contributed by atoms with van der Waals surface area (Å²) >= 11 is 0. The molecule has 0 bridgehead atoms. The van der Waals surface area contributed by atoms with Gasteiger partial charge in [0.2, 0.25) is 0 Å². The second kappa shape index (κ2) is 4.60. The lowest BCUT2D eigenvalue weighted by atomic mass is 9.95. The van der Waals surface area contributed by atoms with Gasteiger partial charge in [-0.15, -0.1) is 0 Å². The highest BCUT2D eigenvalue weighted by atomic mass is 16.1. The van der Waals surface area contributed by atoms with Crippen molar-refractivity contribution in [2.45, 2.75) is 20.4 Å². The van der Waals surface area contributed by atoms with Crippen molar-refractivity contribution < 1.29 is 4.79 Å². The zero-order valence-electron chi connectivity index (χ0n) is 11.6. The molecule has 0 atom stereocenters. The predicted octanol–water partition coefficient (Wildman–Crippen LogP) is 3.14. The van der Waals surface area contributed by atoms with Crippen molar-refractivity contribution in [3.63, 3.8) is 0 Å². The molecular formula is C17H16N2O. The van der Waals surface area contributed by atoms with E-state index in [1.807, 2.05) is 30.3 Å². The second-order valence-electron chi connectivity index (χ2n) is 5.17. The quantitative estimate of drug-likeness (QED) is 0.847. The van der Waals surface area contributed by atoms with Gasteiger partial charge >= 0.3 is 0 Å². The molecule has 20 heavy (non-hydrogen) atoms. The van der Waals surface area contributed by atoms with E-state index >= 15 is 0 Å². The highest BCUT2D eigenvalue weighted by molar-refractivity contribution is 6.46. The fourth-order valence-electron chi connectivity index (χ4n) is 2.62. The summed E-state index contributed by atoms with van der Waals surface area (Å²) in [5.74, 6) is 0.0247. The van der Waals surface area contributed by atoms with Crippen molar-refractivity contribution in [3.05, 3.63) is 53.1 Å². The smallest absolute Gasteiger partial charge is 0.178 e. The SMILES string of the molecule is CC(=O)C1=NCc2cc(-c3cc(N)ccc3C)ccc21. The Morgan fingerprint density at radius 3 is 2.70 bits per heavy atom. The van der Waals surface area contributed by atoms with Gasteiger partial charge in [0.05, 0.1) is 6.54 Å². The molecule has 1 heterocycles. The molecule has 0 saturated heterocycles. The van der Waals surface area contributed by atoms with Crippen molar-refractivity contribution in [2.24, 2.45) is 4.99 Å². The molecule has 3 heteroatoms. The molecule has 0 unspecified atom stereocenters. The Balaban J connectivity index is 2.08. The summed E-state index contributed by atoms with van der Waals surface area (Å²) in [6.07, 6.45) is 0. The Labute approximate surface area is 118 Å². The lowest BCUT2D eigenvalue weighted by Crippen LogP contribution is -2.09. The zero-order chi connectivity index (χ0) is 14.3. The number of nitrogen functional groups attached to an aromatic ring is 1. The molecular weight excluding hydrogens is 248 g/mol. The Morgan fingerprint density at radius 1 is 1.15 bits per heavy atom. The van der Waals surface area contributed by atoms with Gasteiger partial charge in [-0.05, 0) is 47.4 Å². The van der Waals surface area contributed by atoms with Crippen LogP contribution < -0.4 is 5.73 Å². The van der Waals surface area contributed by atoms with Crippen LogP contribution in [0.15, 0.2) is 41.4 Å². The first-order valence-electron chi connectivity index (χ1n) is 6.61. The number of nitrogens with zero attached hydrogens (tertiary/aromatic N) is 1. The molecule has 0 amide bonds. The second-order valence-corrected chi connectivity index (χ2v) is 5.17. The highest BCUT2D eigenvalue weighted by Crippen LogP contribution is 2.30. The third kappa shape index (κ3) is 2.01. The van der Waals surface area contributed by atoms with Gasteiger partial charge < -0.3 is 5.73 Å². The van der Waals surface area contributed by atoms with Crippen molar-refractivity contribution in [2.75, 3.05) is 5.73 Å². The van der Waals surface area contributed by atoms with Gasteiger partial charge in [-0.3, -0.25) is 9.79 Å². The van der Waals surface area contributed by atoms with Gasteiger partial charge in [-0.2, -0.15) is 0 Å². The van der Waals surface area contributed by atoms with Crippen LogP contribution in [0.1, 0.15) is 23.6 Å². The van der Waals surface area contributed by atoms with E-state index in [9.17, 15) is 4.79 Å². The summed E-state index contributed by atoms with van der Waals surface area (Å²) in [7, 11) is 0. The van der Waals surface area contributed by atoms with Crippen LogP contribution in [-0.2, 0) is 11.3 Å². The van der Waals surface area contributed by atoms with Gasteiger partial charge in [0, 0.05) is 18.2 Å². The molecule has 100 valence electrons. The number of hydrogen-bond acceptors (Lipinski definition) is 3. The number of fused-ring (bicyclic) bond motifs is 1. The number of Topliss-reactive ketones (excluding diaryl/α,β-unsaturated/α-hetero) is 1. The van der Waals surface area contributed by atoms with E-state index in [1.165, 1.54) is 5.56 Å². The number of carbonyl (C=O) groups is 1. The third-order valence-corrected chi connectivity index (χ3v) is 3.67. The number of carbonyl (C=O) groups excluding carboxylic acids is 1. The van der Waals surface area contributed by atoms with Crippen LogP contribution in [0, 0.1) is 6.92 Å². The molecule has 0 spiro atoms. The predicted molar refractivity (Wildman–Crippen MR) is 81.9 cm³/mol. The summed E-state index contributed by atoms with van der Waals surface area (Å²) in [6.45, 7) is 4.21. The van der Waals surface area contributed by atoms with E-state index in [0.29, 0.717) is 12.3 Å². The van der Waals surface area contributed by atoms with Crippen molar-refractivity contribution in [1.82, 2.24) is 0 Å². The number of aliphatic imine (C=N–C) groups is 1. The standard InChI is InChI=1S/C17H16N2O/c1-10-3-5-14(18)8-16(10)12-4-6-15-13(7-12)9-19-17(15)11(2)20/h3-8H,9,18H2,1-2H3. The summed E-state index contributed by atoms with van der Waals surface area (Å²) in [6, 6.07) is 12.0. The average molecular weight is 264 g/mol. The molecule has 2 N–H and O–H groups in total. The van der Waals surface area contributed by atoms with E-state index in [-0.39, 0.29) is 5.78 Å². The van der Waals surface area contributed by atoms with Gasteiger partial charge in [0.15, 0.2) is 5.78 Å². The number of benzene rings is 2. The first-order chi connectivity index (χ1) is 9.56. The Kier molecular flexibility index (Phi) is 2.90. The van der Waals surface area contributed by atoms with Crippen molar-refractivity contribution in [1.29, 1.82) is 0 Å². The molecule has 3 rings (SSSR count). The number of hydrogen-bond donors (Lipinski definition) is 1. The molecule has 0 aliphatic carbocycles. The van der Waals surface area contributed by atoms with E-state index in [1.54, 1.807) is 6.92 Å². The van der Waals surface area contributed by atoms with Crippen LogP contribution in [0.2, 0.25) is 0 Å². The van der Waals surface area contributed by atoms with Crippen LogP contribution in [-0.4, -0.2) is 11.5 Å². The number of nitrogens with two attached hydrogens (primary N) is 1. The van der Waals surface area contributed by atoms with Gasteiger partial charge in [0.1, 0.15) is 5.71 Å². The monoisotopic (exact) mass is 264 g/mol. The molecule has 0 fully saturated rings. The number of rotatable bonds is 2. The number of anilines is 1. The zero-order valence-corrected chi connectivity index (χ0v) is 11.6. The summed E-state index contributed by atoms with van der Waals surface area (Å²) in [5, 5.41) is 0. The van der Waals surface area contributed by atoms with Crippen LogP contribution in [0.3, 0.4) is 0 Å². The fraction of sp³-hybridized carbons (Fsp3) is 0.176. The minimum Gasteiger partial charge on any atom is -0.399 e. The largest absolute Gasteiger partial charge is 0.399 e. The minimum absolute atomic E-state index is 0.0247. The van der Waals surface area contributed by atoms with E-state index < -0.39 is 0 Å².